The highest BCUT2D eigenvalue weighted by Gasteiger charge is 2.29. The maximum Gasteiger partial charge on any atom is 0.161 e. The van der Waals surface area contributed by atoms with Crippen LogP contribution in [0, 0.1) is 0 Å². The van der Waals surface area contributed by atoms with E-state index in [9.17, 15) is 19.2 Å². The third-order valence-corrected chi connectivity index (χ3v) is 20.8. The SMILES string of the molecule is CC(=O)C(C)(C)OCc1cc(-c2ccc(Cl)cc2)n(Cc2ccc(Cl)cc2Cl)n1.CC(=O)C(C)(C)OCc1cc(-c2ccc(Cl)cc2)n(Cc2ccccc2)n1.CC(=O)C(C)(C)OCc1cc(-c2ccccc2)n(Cc2ccccc2Cl)n1.CC(=O)C(C)(C)OCc1cc(-c2ccccc2Cl)n(Cc2ccccc2Cl)n1. The highest BCUT2D eigenvalue weighted by Crippen LogP contribution is 2.34. The standard InChI is InChI=1S/C22H21Cl3N2O2.C22H22Cl2N2O2.2C22H23ClN2O2/c1-14(28)22(2,3)29-13-19-11-21(15-4-7-17(23)8-5-15)27(26-19)12-16-6-9-18(24)10-20(16)25;1-15(27)22(2,3)28-14-17-12-21(18-9-5-7-11-20(18)24)26(25-17)13-16-8-4-6-10-19(16)23;1-16(26)22(2,3)27-15-19-13-21(17-9-5-4-6-10-17)25(24-19)14-18-11-7-8-12-20(18)23;1-16(26)22(2,3)27-15-20-13-21(18-9-11-19(23)12-10-18)25(24-20)14-17-7-5-4-6-8-17/h4-11H,12-13H2,1-3H3;4-12H,13-14H2,1-3H3;2*4-13H,14-15H2,1-3H3. The van der Waals surface area contributed by atoms with Crippen LogP contribution in [0.1, 0.15) is 128 Å². The monoisotopic (exact) mass is 1630 g/mol. The molecule has 111 heavy (non-hydrogen) atoms. The van der Waals surface area contributed by atoms with Gasteiger partial charge in [-0.1, -0.05) is 227 Å². The minimum absolute atomic E-state index is 0.0101. The molecule has 4 heterocycles. The fourth-order valence-corrected chi connectivity index (χ4v) is 12.0. The second-order valence-electron chi connectivity index (χ2n) is 28.4. The number of carbonyl (C=O) groups excluding carboxylic acids is 4. The highest BCUT2D eigenvalue weighted by atomic mass is 35.5. The van der Waals surface area contributed by atoms with Crippen LogP contribution < -0.4 is 0 Å². The molecule has 0 saturated heterocycles. The molecule has 0 aliphatic heterocycles. The molecule has 4 aromatic heterocycles. The molecule has 0 amide bonds. The quantitative estimate of drug-likeness (QED) is 0.0454. The van der Waals surface area contributed by atoms with Gasteiger partial charge in [0.2, 0.25) is 0 Å². The summed E-state index contributed by atoms with van der Waals surface area (Å²) in [5, 5.41) is 23.3. The lowest BCUT2D eigenvalue weighted by Crippen LogP contribution is -2.32. The van der Waals surface area contributed by atoms with Crippen molar-refractivity contribution >= 4 is 104 Å². The molecule has 0 spiro atoms. The number of hydrogen-bond acceptors (Lipinski definition) is 12. The maximum atomic E-state index is 11.7. The predicted octanol–water partition coefficient (Wildman–Crippen LogP) is 22.5. The molecule has 578 valence electrons. The summed E-state index contributed by atoms with van der Waals surface area (Å²) in [6.45, 7) is 23.3. The van der Waals surface area contributed by atoms with Gasteiger partial charge in [-0.2, -0.15) is 20.4 Å². The predicted molar refractivity (Wildman–Crippen MR) is 446 cm³/mol. The van der Waals surface area contributed by atoms with Crippen molar-refractivity contribution < 1.29 is 38.1 Å². The Hall–Kier alpha value is -8.85. The van der Waals surface area contributed by atoms with Gasteiger partial charge in [0, 0.05) is 40.7 Å². The largest absolute Gasteiger partial charge is 0.361 e. The number of ketones is 4. The molecule has 12 aromatic rings. The van der Waals surface area contributed by atoms with E-state index in [4.69, 9.17) is 110 Å². The van der Waals surface area contributed by atoms with Crippen molar-refractivity contribution in [3.05, 3.63) is 305 Å². The first-order chi connectivity index (χ1) is 52.6. The lowest BCUT2D eigenvalue weighted by Gasteiger charge is -2.21. The van der Waals surface area contributed by atoms with Crippen LogP contribution in [0.15, 0.2) is 224 Å². The van der Waals surface area contributed by atoms with Crippen LogP contribution in [0.25, 0.3) is 45.0 Å². The molecule has 0 atom stereocenters. The van der Waals surface area contributed by atoms with E-state index in [-0.39, 0.29) is 49.6 Å². The molecular weight excluding hydrogens is 1550 g/mol. The number of Topliss-reactive ketones (excluding diaryl/α,β-unsaturated/α-hetero) is 4. The number of carbonyl (C=O) groups is 4. The Bertz CT molecular complexity index is 5150. The van der Waals surface area contributed by atoms with Crippen molar-refractivity contribution in [1.82, 2.24) is 39.1 Å². The molecular formula is C88H89Cl7N8O8. The second-order valence-corrected chi connectivity index (χ2v) is 31.3. The molecule has 0 radical (unpaired) electrons. The van der Waals surface area contributed by atoms with Crippen molar-refractivity contribution in [2.75, 3.05) is 0 Å². The number of aromatic nitrogens is 8. The number of hydrogen-bond donors (Lipinski definition) is 0. The molecule has 8 aromatic carbocycles. The molecule has 23 heteroatoms. The first-order valence-electron chi connectivity index (χ1n) is 35.8. The first kappa shape index (κ1) is 86.1. The molecule has 0 fully saturated rings. The topological polar surface area (TPSA) is 176 Å². The van der Waals surface area contributed by atoms with Crippen molar-refractivity contribution in [3.8, 4) is 45.0 Å². The molecule has 0 bridgehead atoms. The van der Waals surface area contributed by atoms with Gasteiger partial charge >= 0.3 is 0 Å². The van der Waals surface area contributed by atoms with E-state index in [1.54, 1.807) is 67.5 Å². The van der Waals surface area contributed by atoms with Crippen molar-refractivity contribution in [2.24, 2.45) is 0 Å². The Kier molecular flexibility index (Phi) is 30.3. The number of halogens is 7. The zero-order chi connectivity index (χ0) is 80.4. The van der Waals surface area contributed by atoms with Crippen LogP contribution in [0.4, 0.5) is 0 Å². The summed E-state index contributed by atoms with van der Waals surface area (Å²) < 4.78 is 30.8. The number of ether oxygens (including phenoxy) is 4. The van der Waals surface area contributed by atoms with E-state index >= 15 is 0 Å². The van der Waals surface area contributed by atoms with Crippen LogP contribution in [-0.4, -0.2) is 84.7 Å². The van der Waals surface area contributed by atoms with Crippen LogP contribution in [0.5, 0.6) is 0 Å². The minimum Gasteiger partial charge on any atom is -0.361 e. The van der Waals surface area contributed by atoms with E-state index in [1.807, 2.05) is 219 Å². The van der Waals surface area contributed by atoms with Gasteiger partial charge < -0.3 is 18.9 Å². The summed E-state index contributed by atoms with van der Waals surface area (Å²) in [7, 11) is 0. The van der Waals surface area contributed by atoms with Gasteiger partial charge in [0.25, 0.3) is 0 Å². The van der Waals surface area contributed by atoms with E-state index < -0.39 is 22.4 Å². The van der Waals surface area contributed by atoms with Crippen molar-refractivity contribution in [3.63, 3.8) is 0 Å². The highest BCUT2D eigenvalue weighted by molar-refractivity contribution is 6.35. The summed E-state index contributed by atoms with van der Waals surface area (Å²) in [5.74, 6) is -0.0949. The zero-order valence-corrected chi connectivity index (χ0v) is 69.3. The van der Waals surface area contributed by atoms with Crippen LogP contribution in [0.3, 0.4) is 0 Å². The van der Waals surface area contributed by atoms with Gasteiger partial charge in [0.1, 0.15) is 22.4 Å². The molecule has 0 aliphatic carbocycles. The van der Waals surface area contributed by atoms with Gasteiger partial charge in [-0.15, -0.1) is 0 Å². The number of nitrogens with zero attached hydrogens (tertiary/aromatic N) is 8. The summed E-state index contributed by atoms with van der Waals surface area (Å²) >= 11 is 43.5. The Balaban J connectivity index is 0.000000170. The fraction of sp³-hybridized carbons (Fsp3) is 0.273. The zero-order valence-electron chi connectivity index (χ0n) is 64.0. The van der Waals surface area contributed by atoms with E-state index in [0.29, 0.717) is 61.3 Å². The van der Waals surface area contributed by atoms with Gasteiger partial charge in [0.15, 0.2) is 23.1 Å². The first-order valence-corrected chi connectivity index (χ1v) is 38.4. The van der Waals surface area contributed by atoms with Gasteiger partial charge in [-0.05, 0) is 201 Å². The third kappa shape index (κ3) is 24.6. The molecule has 0 aliphatic rings. The molecule has 0 saturated carbocycles. The number of benzene rings is 8. The van der Waals surface area contributed by atoms with Crippen molar-refractivity contribution in [2.45, 2.75) is 158 Å². The summed E-state index contributed by atoms with van der Waals surface area (Å²) in [6, 6.07) is 71.8. The lowest BCUT2D eigenvalue weighted by atomic mass is 10.1. The summed E-state index contributed by atoms with van der Waals surface area (Å²) in [6.07, 6.45) is 0. The average molecular weight is 1630 g/mol. The van der Waals surface area contributed by atoms with Crippen LogP contribution in [-0.2, 0) is 90.7 Å². The van der Waals surface area contributed by atoms with Crippen LogP contribution in [0.2, 0.25) is 35.2 Å². The molecule has 12 rings (SSSR count). The maximum absolute atomic E-state index is 11.7. The lowest BCUT2D eigenvalue weighted by molar-refractivity contribution is -0.140. The van der Waals surface area contributed by atoms with E-state index in [0.717, 1.165) is 90.1 Å². The number of rotatable bonds is 28. The third-order valence-electron chi connectivity index (χ3n) is 18.6. The summed E-state index contributed by atoms with van der Waals surface area (Å²) in [4.78, 5) is 46.8. The normalized spacial score (nSPS) is 11.6. The van der Waals surface area contributed by atoms with Crippen molar-refractivity contribution in [1.29, 1.82) is 0 Å². The summed E-state index contributed by atoms with van der Waals surface area (Å²) in [5.41, 5.74) is 11.3. The van der Waals surface area contributed by atoms with E-state index in [1.165, 1.54) is 27.7 Å². The minimum atomic E-state index is -0.871. The van der Waals surface area contributed by atoms with Gasteiger partial charge in [-0.25, -0.2) is 0 Å². The smallest absolute Gasteiger partial charge is 0.161 e. The Morgan fingerprint density at radius 1 is 0.297 bits per heavy atom. The second kappa shape index (κ2) is 39.1. The Morgan fingerprint density at radius 3 is 0.937 bits per heavy atom. The average Bonchev–Trinajstić information content (AvgIpc) is 1.69. The van der Waals surface area contributed by atoms with Gasteiger partial charge in [0.05, 0.1) is 98.2 Å². The van der Waals surface area contributed by atoms with E-state index in [2.05, 4.69) is 22.3 Å². The van der Waals surface area contributed by atoms with Gasteiger partial charge in [-0.3, -0.25) is 37.9 Å². The fourth-order valence-electron chi connectivity index (χ4n) is 10.6. The molecule has 0 N–H and O–H groups in total. The molecule has 0 unspecified atom stereocenters. The Labute approximate surface area is 684 Å². The van der Waals surface area contributed by atoms with Crippen LogP contribution >= 0.6 is 81.2 Å². The molecule has 16 nitrogen and oxygen atoms in total. The Morgan fingerprint density at radius 2 is 0.586 bits per heavy atom.